The van der Waals surface area contributed by atoms with Crippen molar-refractivity contribution in [1.82, 2.24) is 4.98 Å². The van der Waals surface area contributed by atoms with E-state index >= 15 is 0 Å². The fourth-order valence-corrected chi connectivity index (χ4v) is 1.82. The number of nitrogen functional groups attached to an aromatic ring is 1. The first-order chi connectivity index (χ1) is 10.5. The van der Waals surface area contributed by atoms with E-state index in [2.05, 4.69) is 16.8 Å². The Bertz CT molecular complexity index is 743. The average molecular weight is 295 g/mol. The molecular weight excluding hydrogens is 278 g/mol. The van der Waals surface area contributed by atoms with Gasteiger partial charge in [0.25, 0.3) is 0 Å². The second-order valence-corrected chi connectivity index (χ2v) is 4.74. The average Bonchev–Trinajstić information content (AvgIpc) is 2.50. The molecule has 0 unspecified atom stereocenters. The van der Waals surface area contributed by atoms with E-state index in [1.54, 1.807) is 50.5 Å². The van der Waals surface area contributed by atoms with Crippen LogP contribution in [0.4, 0.5) is 11.4 Å². The van der Waals surface area contributed by atoms with Crippen LogP contribution in [0, 0.1) is 18.8 Å². The van der Waals surface area contributed by atoms with Gasteiger partial charge in [0.15, 0.2) is 0 Å². The summed E-state index contributed by atoms with van der Waals surface area (Å²) in [7, 11) is 1.67. The lowest BCUT2D eigenvalue weighted by Crippen LogP contribution is -2.24. The minimum atomic E-state index is -0.263. The van der Waals surface area contributed by atoms with Crippen LogP contribution in [0.2, 0.25) is 0 Å². The highest BCUT2D eigenvalue weighted by Gasteiger charge is 2.09. The summed E-state index contributed by atoms with van der Waals surface area (Å²) < 4.78 is 5.64. The van der Waals surface area contributed by atoms with Gasteiger partial charge in [-0.15, -0.1) is 0 Å². The molecular formula is C17H17N3O2. The maximum atomic E-state index is 11.7. The van der Waals surface area contributed by atoms with Gasteiger partial charge in [-0.3, -0.25) is 4.79 Å². The van der Waals surface area contributed by atoms with Crippen LogP contribution in [-0.2, 0) is 4.79 Å². The summed E-state index contributed by atoms with van der Waals surface area (Å²) >= 11 is 0. The van der Waals surface area contributed by atoms with Crippen LogP contribution in [0.25, 0.3) is 0 Å². The first-order valence-corrected chi connectivity index (χ1v) is 6.71. The molecule has 5 heteroatoms. The minimum Gasteiger partial charge on any atom is -0.437 e. The van der Waals surface area contributed by atoms with Crippen LogP contribution < -0.4 is 15.4 Å². The van der Waals surface area contributed by atoms with Gasteiger partial charge in [0.05, 0.1) is 5.69 Å². The topological polar surface area (TPSA) is 68.5 Å². The fourth-order valence-electron chi connectivity index (χ4n) is 1.82. The molecule has 0 fully saturated rings. The van der Waals surface area contributed by atoms with E-state index in [1.165, 1.54) is 4.90 Å². The monoisotopic (exact) mass is 295 g/mol. The molecule has 1 amide bonds. The Hall–Kier alpha value is -3.00. The van der Waals surface area contributed by atoms with Crippen molar-refractivity contribution in [3.05, 3.63) is 42.1 Å². The summed E-state index contributed by atoms with van der Waals surface area (Å²) in [5.41, 5.74) is 8.04. The van der Waals surface area contributed by atoms with Gasteiger partial charge in [-0.2, -0.15) is 0 Å². The summed E-state index contributed by atoms with van der Waals surface area (Å²) in [4.78, 5) is 17.3. The predicted octanol–water partition coefficient (Wildman–Crippen LogP) is 2.75. The minimum absolute atomic E-state index is 0.263. The molecule has 5 nitrogen and oxygen atoms in total. The summed E-state index contributed by atoms with van der Waals surface area (Å²) in [5, 5.41) is 0. The highest BCUT2D eigenvalue weighted by molar-refractivity contribution is 6.05. The number of amides is 1. The fraction of sp³-hybridized carbons (Fsp3) is 0.176. The van der Waals surface area contributed by atoms with E-state index in [1.807, 2.05) is 6.92 Å². The lowest BCUT2D eigenvalue weighted by Gasteiger charge is -2.14. The first-order valence-electron chi connectivity index (χ1n) is 6.71. The standard InChI is InChI=1S/C17H17N3O2/c1-4-5-16(21)20(3)13-6-8-14(9-7-13)22-17-15(18)10-12(2)11-19-17/h6-11H,18H2,1-3H3. The number of nitrogens with two attached hydrogens (primary N) is 1. The van der Waals surface area contributed by atoms with Gasteiger partial charge >= 0.3 is 5.91 Å². The van der Waals surface area contributed by atoms with Crippen molar-refractivity contribution in [3.8, 4) is 23.5 Å². The van der Waals surface area contributed by atoms with Gasteiger partial charge in [-0.25, -0.2) is 4.98 Å². The molecule has 0 bridgehead atoms. The molecule has 22 heavy (non-hydrogen) atoms. The molecule has 0 aliphatic rings. The van der Waals surface area contributed by atoms with E-state index < -0.39 is 0 Å². The van der Waals surface area contributed by atoms with Crippen molar-refractivity contribution in [2.75, 3.05) is 17.7 Å². The van der Waals surface area contributed by atoms with E-state index in [0.29, 0.717) is 17.3 Å². The number of aromatic nitrogens is 1. The second-order valence-electron chi connectivity index (χ2n) is 4.74. The summed E-state index contributed by atoms with van der Waals surface area (Å²) in [5.74, 6) is 5.76. The number of aryl methyl sites for hydroxylation is 1. The molecule has 0 saturated carbocycles. The maximum absolute atomic E-state index is 11.7. The number of carbonyl (C=O) groups excluding carboxylic acids is 1. The van der Waals surface area contributed by atoms with Crippen molar-refractivity contribution < 1.29 is 9.53 Å². The second kappa shape index (κ2) is 6.64. The molecule has 112 valence electrons. The number of anilines is 2. The summed E-state index contributed by atoms with van der Waals surface area (Å²) in [6.45, 7) is 3.54. The van der Waals surface area contributed by atoms with Crippen molar-refractivity contribution in [2.24, 2.45) is 0 Å². The molecule has 0 atom stereocenters. The summed E-state index contributed by atoms with van der Waals surface area (Å²) in [6.07, 6.45) is 1.69. The zero-order chi connectivity index (χ0) is 16.1. The Kier molecular flexibility index (Phi) is 4.64. The molecule has 0 aliphatic carbocycles. The van der Waals surface area contributed by atoms with Gasteiger partial charge < -0.3 is 15.4 Å². The Balaban J connectivity index is 2.14. The van der Waals surface area contributed by atoms with Crippen LogP contribution in [0.5, 0.6) is 11.6 Å². The van der Waals surface area contributed by atoms with E-state index in [9.17, 15) is 4.79 Å². The Morgan fingerprint density at radius 2 is 2.00 bits per heavy atom. The number of hydrogen-bond donors (Lipinski definition) is 1. The normalized spacial score (nSPS) is 9.59. The van der Waals surface area contributed by atoms with Crippen LogP contribution in [0.1, 0.15) is 12.5 Å². The van der Waals surface area contributed by atoms with Crippen LogP contribution >= 0.6 is 0 Å². The number of nitrogens with zero attached hydrogens (tertiary/aromatic N) is 2. The Morgan fingerprint density at radius 3 is 2.59 bits per heavy atom. The maximum Gasteiger partial charge on any atom is 0.302 e. The number of carbonyl (C=O) groups is 1. The summed E-state index contributed by atoms with van der Waals surface area (Å²) in [6, 6.07) is 8.84. The molecule has 2 aromatic rings. The highest BCUT2D eigenvalue weighted by atomic mass is 16.5. The lowest BCUT2D eigenvalue weighted by atomic mass is 10.2. The third-order valence-electron chi connectivity index (χ3n) is 2.99. The molecule has 1 aromatic carbocycles. The first kappa shape index (κ1) is 15.4. The Morgan fingerprint density at radius 1 is 1.32 bits per heavy atom. The van der Waals surface area contributed by atoms with Crippen molar-refractivity contribution in [1.29, 1.82) is 0 Å². The van der Waals surface area contributed by atoms with Crippen molar-refractivity contribution >= 4 is 17.3 Å². The quantitative estimate of drug-likeness (QED) is 0.884. The molecule has 2 N–H and O–H groups in total. The van der Waals surface area contributed by atoms with Crippen LogP contribution in [-0.4, -0.2) is 17.9 Å². The zero-order valence-corrected chi connectivity index (χ0v) is 12.8. The van der Waals surface area contributed by atoms with E-state index in [-0.39, 0.29) is 5.91 Å². The molecule has 1 aromatic heterocycles. The van der Waals surface area contributed by atoms with Crippen LogP contribution in [0.3, 0.4) is 0 Å². The largest absolute Gasteiger partial charge is 0.437 e. The highest BCUT2D eigenvalue weighted by Crippen LogP contribution is 2.27. The number of pyridine rings is 1. The van der Waals surface area contributed by atoms with Crippen molar-refractivity contribution in [3.63, 3.8) is 0 Å². The van der Waals surface area contributed by atoms with Crippen LogP contribution in [0.15, 0.2) is 36.5 Å². The smallest absolute Gasteiger partial charge is 0.302 e. The Labute approximate surface area is 129 Å². The molecule has 0 aliphatic heterocycles. The number of benzene rings is 1. The van der Waals surface area contributed by atoms with E-state index in [4.69, 9.17) is 10.5 Å². The number of ether oxygens (including phenoxy) is 1. The SMILES string of the molecule is CC#CC(=O)N(C)c1ccc(Oc2ncc(C)cc2N)cc1. The molecule has 1 heterocycles. The molecule has 0 spiro atoms. The number of hydrogen-bond acceptors (Lipinski definition) is 4. The zero-order valence-electron chi connectivity index (χ0n) is 12.8. The van der Waals surface area contributed by atoms with E-state index in [0.717, 1.165) is 11.3 Å². The molecule has 0 saturated heterocycles. The van der Waals surface area contributed by atoms with Gasteiger partial charge in [0, 0.05) is 18.9 Å². The van der Waals surface area contributed by atoms with Gasteiger partial charge in [-0.1, -0.05) is 5.92 Å². The van der Waals surface area contributed by atoms with Gasteiger partial charge in [-0.05, 0) is 55.7 Å². The predicted molar refractivity (Wildman–Crippen MR) is 86.8 cm³/mol. The van der Waals surface area contributed by atoms with Crippen molar-refractivity contribution in [2.45, 2.75) is 13.8 Å². The number of rotatable bonds is 3. The molecule has 2 rings (SSSR count). The van der Waals surface area contributed by atoms with Gasteiger partial charge in [0.2, 0.25) is 5.88 Å². The molecule has 0 radical (unpaired) electrons. The lowest BCUT2D eigenvalue weighted by molar-refractivity contribution is -0.113. The third kappa shape index (κ3) is 3.55. The van der Waals surface area contributed by atoms with Gasteiger partial charge in [0.1, 0.15) is 5.75 Å². The third-order valence-corrected chi connectivity index (χ3v) is 2.99.